The lowest BCUT2D eigenvalue weighted by Gasteiger charge is -2.32. The van der Waals surface area contributed by atoms with Gasteiger partial charge in [-0.05, 0) is 38.0 Å². The number of morpholine rings is 1. The average molecular weight is 413 g/mol. The molecule has 0 unspecified atom stereocenters. The molecule has 160 valence electrons. The van der Waals surface area contributed by atoms with Gasteiger partial charge in [-0.1, -0.05) is 0 Å². The maximum atomic E-state index is 12.6. The molecule has 2 N–H and O–H groups in total. The Hall–Kier alpha value is -3.07. The maximum absolute atomic E-state index is 12.6. The molecule has 0 atom stereocenters. The Morgan fingerprint density at radius 2 is 1.87 bits per heavy atom. The second-order valence-electron chi connectivity index (χ2n) is 7.60. The molecule has 4 rings (SSSR count). The monoisotopic (exact) mass is 413 g/mol. The summed E-state index contributed by atoms with van der Waals surface area (Å²) in [6.07, 6.45) is 4.60. The summed E-state index contributed by atoms with van der Waals surface area (Å²) in [6.45, 7) is 6.05. The Morgan fingerprint density at radius 1 is 1.10 bits per heavy atom. The largest absolute Gasteiger partial charge is 0.459 e. The van der Waals surface area contributed by atoms with Gasteiger partial charge in [0.15, 0.2) is 5.76 Å². The van der Waals surface area contributed by atoms with E-state index in [-0.39, 0.29) is 18.0 Å². The van der Waals surface area contributed by atoms with Crippen LogP contribution in [0.4, 0.5) is 16.3 Å². The van der Waals surface area contributed by atoms with Crippen molar-refractivity contribution in [2.75, 3.05) is 49.6 Å². The number of amides is 3. The van der Waals surface area contributed by atoms with Crippen LogP contribution in [0.15, 0.2) is 35.1 Å². The van der Waals surface area contributed by atoms with Gasteiger partial charge in [-0.2, -0.15) is 0 Å². The second kappa shape index (κ2) is 9.17. The molecule has 3 amide bonds. The Morgan fingerprint density at radius 3 is 2.50 bits per heavy atom. The van der Waals surface area contributed by atoms with Crippen LogP contribution in [-0.4, -0.2) is 67.3 Å². The van der Waals surface area contributed by atoms with Gasteiger partial charge in [0.05, 0.1) is 31.4 Å². The van der Waals surface area contributed by atoms with E-state index in [2.05, 4.69) is 20.5 Å². The van der Waals surface area contributed by atoms with Crippen LogP contribution in [0.1, 0.15) is 29.0 Å². The zero-order valence-corrected chi connectivity index (χ0v) is 17.1. The normalized spacial score (nSPS) is 17.6. The number of nitrogens with zero attached hydrogens (tertiary/aromatic N) is 3. The number of nitrogens with one attached hydrogen (secondary N) is 2. The molecule has 0 aromatic carbocycles. The summed E-state index contributed by atoms with van der Waals surface area (Å²) in [7, 11) is 0. The Kier molecular flexibility index (Phi) is 6.18. The predicted octanol–water partition coefficient (Wildman–Crippen LogP) is 2.25. The number of likely N-dealkylation sites (tertiary alicyclic amines) is 1. The summed E-state index contributed by atoms with van der Waals surface area (Å²) in [5.74, 6) is 1.04. The van der Waals surface area contributed by atoms with Gasteiger partial charge in [0.25, 0.3) is 5.91 Å². The third-order valence-electron chi connectivity index (χ3n) is 5.52. The molecule has 0 aliphatic carbocycles. The maximum Gasteiger partial charge on any atom is 0.321 e. The number of anilines is 2. The fourth-order valence-electron chi connectivity index (χ4n) is 3.73. The third kappa shape index (κ3) is 4.73. The number of pyridine rings is 1. The van der Waals surface area contributed by atoms with E-state index in [1.54, 1.807) is 17.2 Å². The fraction of sp³-hybridized carbons (Fsp3) is 0.476. The first-order valence-electron chi connectivity index (χ1n) is 10.3. The minimum Gasteiger partial charge on any atom is -0.459 e. The molecule has 30 heavy (non-hydrogen) atoms. The number of hydrogen-bond acceptors (Lipinski definition) is 6. The van der Waals surface area contributed by atoms with Crippen molar-refractivity contribution in [1.29, 1.82) is 0 Å². The van der Waals surface area contributed by atoms with Gasteiger partial charge >= 0.3 is 6.03 Å². The molecule has 2 aromatic rings. The lowest BCUT2D eigenvalue weighted by molar-refractivity contribution is 0.0890. The van der Waals surface area contributed by atoms with Crippen molar-refractivity contribution in [2.24, 2.45) is 0 Å². The highest BCUT2D eigenvalue weighted by molar-refractivity contribution is 5.93. The van der Waals surface area contributed by atoms with Gasteiger partial charge in [0.2, 0.25) is 0 Å². The van der Waals surface area contributed by atoms with Crippen LogP contribution in [0.3, 0.4) is 0 Å². The zero-order chi connectivity index (χ0) is 20.9. The number of furan rings is 1. The first kappa shape index (κ1) is 20.2. The van der Waals surface area contributed by atoms with E-state index < -0.39 is 0 Å². The zero-order valence-electron chi connectivity index (χ0n) is 17.1. The van der Waals surface area contributed by atoms with E-state index in [4.69, 9.17) is 9.15 Å². The molecule has 0 spiro atoms. The molecule has 0 radical (unpaired) electrons. The van der Waals surface area contributed by atoms with E-state index in [1.807, 2.05) is 19.1 Å². The first-order chi connectivity index (χ1) is 14.6. The van der Waals surface area contributed by atoms with E-state index >= 15 is 0 Å². The number of aromatic nitrogens is 1. The van der Waals surface area contributed by atoms with Crippen molar-refractivity contribution in [1.82, 2.24) is 15.2 Å². The Balaban J connectivity index is 1.24. The van der Waals surface area contributed by atoms with E-state index in [0.717, 1.165) is 24.5 Å². The van der Waals surface area contributed by atoms with Crippen molar-refractivity contribution in [3.8, 4) is 0 Å². The minimum absolute atomic E-state index is 0.0283. The summed E-state index contributed by atoms with van der Waals surface area (Å²) in [6, 6.07) is 5.43. The highest BCUT2D eigenvalue weighted by Crippen LogP contribution is 2.18. The summed E-state index contributed by atoms with van der Waals surface area (Å²) >= 11 is 0. The van der Waals surface area contributed by atoms with E-state index in [1.165, 1.54) is 6.26 Å². The molecule has 4 heterocycles. The highest BCUT2D eigenvalue weighted by atomic mass is 16.5. The van der Waals surface area contributed by atoms with Crippen molar-refractivity contribution < 1.29 is 18.7 Å². The third-order valence-corrected chi connectivity index (χ3v) is 5.52. The van der Waals surface area contributed by atoms with Crippen LogP contribution < -0.4 is 15.5 Å². The fourth-order valence-corrected chi connectivity index (χ4v) is 3.73. The summed E-state index contributed by atoms with van der Waals surface area (Å²) in [5.41, 5.74) is 1.48. The number of hydrogen-bond donors (Lipinski definition) is 2. The molecular weight excluding hydrogens is 386 g/mol. The lowest BCUT2D eigenvalue weighted by Crippen LogP contribution is -2.47. The number of carbonyl (C=O) groups is 2. The smallest absolute Gasteiger partial charge is 0.321 e. The number of aryl methyl sites for hydroxylation is 1. The van der Waals surface area contributed by atoms with Crippen molar-refractivity contribution >= 4 is 23.4 Å². The quantitative estimate of drug-likeness (QED) is 0.798. The van der Waals surface area contributed by atoms with Gasteiger partial charge in [0.1, 0.15) is 5.82 Å². The Labute approximate surface area is 175 Å². The van der Waals surface area contributed by atoms with Gasteiger partial charge in [-0.25, -0.2) is 9.78 Å². The molecule has 9 nitrogen and oxygen atoms in total. The Bertz CT molecular complexity index is 868. The highest BCUT2D eigenvalue weighted by Gasteiger charge is 2.25. The topological polar surface area (TPSA) is 99.9 Å². The molecule has 2 aromatic heterocycles. The number of carbonyl (C=O) groups excluding carboxylic acids is 2. The summed E-state index contributed by atoms with van der Waals surface area (Å²) in [4.78, 5) is 33.2. The number of urea groups is 1. The van der Waals surface area contributed by atoms with E-state index in [9.17, 15) is 9.59 Å². The molecule has 0 bridgehead atoms. The molecule has 2 aliphatic rings. The van der Waals surface area contributed by atoms with Gasteiger partial charge in [-0.3, -0.25) is 4.79 Å². The van der Waals surface area contributed by atoms with Gasteiger partial charge in [-0.15, -0.1) is 0 Å². The SMILES string of the molecule is Cc1ccoc1C(=O)NC1CCN(C(=O)Nc2ccc(N3CCOCC3)nc2)CC1. The van der Waals surface area contributed by atoms with Gasteiger partial charge in [0, 0.05) is 37.8 Å². The van der Waals surface area contributed by atoms with Crippen LogP contribution in [-0.2, 0) is 4.74 Å². The molecule has 0 saturated carbocycles. The molecule has 2 aliphatic heterocycles. The minimum atomic E-state index is -0.202. The van der Waals surface area contributed by atoms with Crippen LogP contribution in [0, 0.1) is 6.92 Å². The van der Waals surface area contributed by atoms with Crippen LogP contribution >= 0.6 is 0 Å². The molecule has 9 heteroatoms. The number of rotatable bonds is 4. The average Bonchev–Trinajstić information content (AvgIpc) is 3.21. The molecule has 2 fully saturated rings. The lowest BCUT2D eigenvalue weighted by atomic mass is 10.1. The van der Waals surface area contributed by atoms with Crippen LogP contribution in [0.5, 0.6) is 0 Å². The van der Waals surface area contributed by atoms with Crippen LogP contribution in [0.25, 0.3) is 0 Å². The summed E-state index contributed by atoms with van der Waals surface area (Å²) in [5, 5.41) is 5.90. The predicted molar refractivity (Wildman–Crippen MR) is 112 cm³/mol. The number of ether oxygens (including phenoxy) is 1. The van der Waals surface area contributed by atoms with Crippen molar-refractivity contribution in [3.05, 3.63) is 42.0 Å². The molecule has 2 saturated heterocycles. The van der Waals surface area contributed by atoms with Crippen molar-refractivity contribution in [3.63, 3.8) is 0 Å². The standard InChI is InChI=1S/C21H27N5O4/c1-15-6-11-30-19(15)20(27)23-16-4-7-26(8-5-16)21(28)24-17-2-3-18(22-14-17)25-9-12-29-13-10-25/h2-3,6,11,14,16H,4-5,7-10,12-13H2,1H3,(H,23,27)(H,24,28). The summed E-state index contributed by atoms with van der Waals surface area (Å²) < 4.78 is 10.6. The van der Waals surface area contributed by atoms with E-state index in [0.29, 0.717) is 50.6 Å². The van der Waals surface area contributed by atoms with Gasteiger partial charge < -0.3 is 29.6 Å². The first-order valence-corrected chi connectivity index (χ1v) is 10.3. The molecular formula is C21H27N5O4. The number of piperidine rings is 1. The van der Waals surface area contributed by atoms with Crippen molar-refractivity contribution in [2.45, 2.75) is 25.8 Å². The second-order valence-corrected chi connectivity index (χ2v) is 7.60. The van der Waals surface area contributed by atoms with Crippen LogP contribution in [0.2, 0.25) is 0 Å².